The summed E-state index contributed by atoms with van der Waals surface area (Å²) in [5.74, 6) is 0.471. The smallest absolute Gasteiger partial charge is 0.258 e. The van der Waals surface area contributed by atoms with E-state index in [-0.39, 0.29) is 18.6 Å². The molecular formula is C18H20ClNO2. The molecule has 1 atom stereocenters. The fourth-order valence-electron chi connectivity index (χ4n) is 2.08. The summed E-state index contributed by atoms with van der Waals surface area (Å²) >= 11 is 5.80. The lowest BCUT2D eigenvalue weighted by atomic mass is 10.0. The zero-order valence-electron chi connectivity index (χ0n) is 13.0. The number of benzene rings is 2. The third kappa shape index (κ3) is 4.50. The normalized spacial score (nSPS) is 11.8. The summed E-state index contributed by atoms with van der Waals surface area (Å²) in [5, 5.41) is 3.57. The van der Waals surface area contributed by atoms with Gasteiger partial charge in [-0.25, -0.2) is 0 Å². The maximum atomic E-state index is 12.0. The summed E-state index contributed by atoms with van der Waals surface area (Å²) < 4.78 is 5.43. The van der Waals surface area contributed by atoms with Crippen molar-refractivity contribution in [1.29, 1.82) is 0 Å². The molecule has 1 unspecified atom stereocenters. The summed E-state index contributed by atoms with van der Waals surface area (Å²) in [5.41, 5.74) is 3.55. The number of carbonyl (C=O) groups is 1. The number of rotatable bonds is 5. The number of halogens is 1. The van der Waals surface area contributed by atoms with Gasteiger partial charge in [0.1, 0.15) is 5.75 Å². The molecule has 0 aromatic heterocycles. The minimum atomic E-state index is -0.152. The second-order valence-corrected chi connectivity index (χ2v) is 5.81. The maximum absolute atomic E-state index is 12.0. The van der Waals surface area contributed by atoms with E-state index in [2.05, 4.69) is 31.3 Å². The van der Waals surface area contributed by atoms with Crippen molar-refractivity contribution in [2.45, 2.75) is 26.8 Å². The lowest BCUT2D eigenvalue weighted by molar-refractivity contribution is -0.123. The van der Waals surface area contributed by atoms with Gasteiger partial charge in [-0.05, 0) is 61.7 Å². The first-order valence-corrected chi connectivity index (χ1v) is 7.58. The van der Waals surface area contributed by atoms with Crippen molar-refractivity contribution in [3.8, 4) is 5.75 Å². The molecule has 0 saturated carbocycles. The molecule has 4 heteroatoms. The number of ether oxygens (including phenoxy) is 1. The maximum Gasteiger partial charge on any atom is 0.258 e. The molecule has 0 radical (unpaired) electrons. The van der Waals surface area contributed by atoms with Gasteiger partial charge in [0.25, 0.3) is 5.91 Å². The van der Waals surface area contributed by atoms with Crippen molar-refractivity contribution < 1.29 is 9.53 Å². The molecule has 0 bridgehead atoms. The zero-order chi connectivity index (χ0) is 16.1. The lowest BCUT2D eigenvalue weighted by Gasteiger charge is -2.16. The van der Waals surface area contributed by atoms with E-state index in [1.807, 2.05) is 13.0 Å². The molecular weight excluding hydrogens is 298 g/mol. The highest BCUT2D eigenvalue weighted by Crippen LogP contribution is 2.17. The topological polar surface area (TPSA) is 38.3 Å². The molecule has 0 aliphatic heterocycles. The molecule has 0 spiro atoms. The lowest BCUT2D eigenvalue weighted by Crippen LogP contribution is -2.31. The van der Waals surface area contributed by atoms with Gasteiger partial charge in [-0.15, -0.1) is 0 Å². The number of hydrogen-bond acceptors (Lipinski definition) is 2. The van der Waals surface area contributed by atoms with Crippen molar-refractivity contribution in [2.75, 3.05) is 6.61 Å². The van der Waals surface area contributed by atoms with Crippen LogP contribution in [0.25, 0.3) is 0 Å². The summed E-state index contributed by atoms with van der Waals surface area (Å²) in [4.78, 5) is 12.0. The third-order valence-electron chi connectivity index (χ3n) is 3.59. The number of hydrogen-bond donors (Lipinski definition) is 1. The van der Waals surface area contributed by atoms with E-state index < -0.39 is 0 Å². The molecule has 116 valence electrons. The largest absolute Gasteiger partial charge is 0.484 e. The van der Waals surface area contributed by atoms with Gasteiger partial charge in [-0.2, -0.15) is 0 Å². The summed E-state index contributed by atoms with van der Waals surface area (Å²) in [7, 11) is 0. The second-order valence-electron chi connectivity index (χ2n) is 5.38. The van der Waals surface area contributed by atoms with Gasteiger partial charge in [-0.1, -0.05) is 29.8 Å². The molecule has 3 nitrogen and oxygen atoms in total. The van der Waals surface area contributed by atoms with Crippen LogP contribution < -0.4 is 10.1 Å². The molecule has 2 aromatic rings. The molecule has 0 heterocycles. The van der Waals surface area contributed by atoms with Gasteiger partial charge in [0, 0.05) is 5.02 Å². The Morgan fingerprint density at radius 2 is 1.82 bits per heavy atom. The Hall–Kier alpha value is -2.00. The Labute approximate surface area is 136 Å². The summed E-state index contributed by atoms with van der Waals surface area (Å²) in [6.45, 7) is 6.08. The van der Waals surface area contributed by atoms with E-state index in [0.717, 1.165) is 5.56 Å². The Morgan fingerprint density at radius 1 is 1.14 bits per heavy atom. The number of carbonyl (C=O) groups excluding carboxylic acids is 1. The van der Waals surface area contributed by atoms with Crippen LogP contribution >= 0.6 is 11.6 Å². The zero-order valence-corrected chi connectivity index (χ0v) is 13.8. The Kier molecular flexibility index (Phi) is 5.45. The standard InChI is InChI=1S/C18H20ClNO2/c1-12-4-5-15(10-13(12)2)14(3)20-18(21)11-22-17-8-6-16(19)7-9-17/h4-10,14H,11H2,1-3H3,(H,20,21). The predicted octanol–water partition coefficient (Wildman–Crippen LogP) is 4.21. The van der Waals surface area contributed by atoms with Gasteiger partial charge in [0.05, 0.1) is 6.04 Å². The molecule has 2 aromatic carbocycles. The Morgan fingerprint density at radius 3 is 2.45 bits per heavy atom. The van der Waals surface area contributed by atoms with E-state index in [1.165, 1.54) is 11.1 Å². The van der Waals surface area contributed by atoms with Gasteiger partial charge in [0.2, 0.25) is 0 Å². The number of amides is 1. The van der Waals surface area contributed by atoms with E-state index in [1.54, 1.807) is 24.3 Å². The number of nitrogens with one attached hydrogen (secondary N) is 1. The van der Waals surface area contributed by atoms with Crippen molar-refractivity contribution >= 4 is 17.5 Å². The summed E-state index contributed by atoms with van der Waals surface area (Å²) in [6, 6.07) is 13.1. The van der Waals surface area contributed by atoms with Crippen LogP contribution in [0.15, 0.2) is 42.5 Å². The first-order valence-electron chi connectivity index (χ1n) is 7.20. The average Bonchev–Trinajstić information content (AvgIpc) is 2.49. The Bertz CT molecular complexity index is 653. The summed E-state index contributed by atoms with van der Waals surface area (Å²) in [6.07, 6.45) is 0. The third-order valence-corrected chi connectivity index (χ3v) is 3.84. The number of aryl methyl sites for hydroxylation is 2. The van der Waals surface area contributed by atoms with Crippen LogP contribution in [0.4, 0.5) is 0 Å². The Balaban J connectivity index is 1.88. The highest BCUT2D eigenvalue weighted by molar-refractivity contribution is 6.30. The quantitative estimate of drug-likeness (QED) is 0.897. The fourth-order valence-corrected chi connectivity index (χ4v) is 2.21. The molecule has 2 rings (SSSR count). The van der Waals surface area contributed by atoms with Crippen LogP contribution in [0.1, 0.15) is 29.7 Å². The van der Waals surface area contributed by atoms with Gasteiger partial charge < -0.3 is 10.1 Å². The SMILES string of the molecule is Cc1ccc(C(C)NC(=O)COc2ccc(Cl)cc2)cc1C. The van der Waals surface area contributed by atoms with Crippen LogP contribution in [0.2, 0.25) is 5.02 Å². The second kappa shape index (κ2) is 7.32. The molecule has 22 heavy (non-hydrogen) atoms. The minimum absolute atomic E-state index is 0.0170. The van der Waals surface area contributed by atoms with E-state index in [9.17, 15) is 4.79 Å². The van der Waals surface area contributed by atoms with Crippen molar-refractivity contribution in [1.82, 2.24) is 5.32 Å². The van der Waals surface area contributed by atoms with Crippen LogP contribution in [-0.4, -0.2) is 12.5 Å². The van der Waals surface area contributed by atoms with Gasteiger partial charge in [0.15, 0.2) is 6.61 Å². The van der Waals surface area contributed by atoms with E-state index >= 15 is 0 Å². The van der Waals surface area contributed by atoms with Gasteiger partial charge in [-0.3, -0.25) is 4.79 Å². The van der Waals surface area contributed by atoms with E-state index in [0.29, 0.717) is 10.8 Å². The minimum Gasteiger partial charge on any atom is -0.484 e. The van der Waals surface area contributed by atoms with Crippen molar-refractivity contribution in [2.24, 2.45) is 0 Å². The molecule has 0 aliphatic rings. The molecule has 0 aliphatic carbocycles. The van der Waals surface area contributed by atoms with Crippen molar-refractivity contribution in [3.63, 3.8) is 0 Å². The van der Waals surface area contributed by atoms with E-state index in [4.69, 9.17) is 16.3 Å². The molecule has 0 fully saturated rings. The first kappa shape index (κ1) is 16.4. The highest BCUT2D eigenvalue weighted by atomic mass is 35.5. The molecule has 1 N–H and O–H groups in total. The van der Waals surface area contributed by atoms with Crippen molar-refractivity contribution in [3.05, 3.63) is 64.2 Å². The van der Waals surface area contributed by atoms with Crippen LogP contribution in [0, 0.1) is 13.8 Å². The molecule has 1 amide bonds. The average molecular weight is 318 g/mol. The van der Waals surface area contributed by atoms with Crippen LogP contribution in [0.3, 0.4) is 0 Å². The van der Waals surface area contributed by atoms with Crippen LogP contribution in [0.5, 0.6) is 5.75 Å². The monoisotopic (exact) mass is 317 g/mol. The fraction of sp³-hybridized carbons (Fsp3) is 0.278. The highest BCUT2D eigenvalue weighted by Gasteiger charge is 2.10. The molecule has 0 saturated heterocycles. The van der Waals surface area contributed by atoms with Gasteiger partial charge >= 0.3 is 0 Å². The van der Waals surface area contributed by atoms with Crippen LogP contribution in [-0.2, 0) is 4.79 Å². The predicted molar refractivity (Wildman–Crippen MR) is 89.4 cm³/mol. The first-order chi connectivity index (χ1) is 10.5.